The van der Waals surface area contributed by atoms with Crippen LogP contribution >= 0.6 is 12.4 Å². The van der Waals surface area contributed by atoms with Crippen molar-refractivity contribution in [2.24, 2.45) is 5.92 Å². The van der Waals surface area contributed by atoms with Gasteiger partial charge in [0, 0.05) is 19.6 Å². The van der Waals surface area contributed by atoms with Crippen LogP contribution < -0.4 is 10.6 Å². The maximum Gasteiger partial charge on any atom is 0.0168 e. The van der Waals surface area contributed by atoms with Gasteiger partial charge in [0.1, 0.15) is 0 Å². The van der Waals surface area contributed by atoms with Gasteiger partial charge in [-0.3, -0.25) is 0 Å². The van der Waals surface area contributed by atoms with Gasteiger partial charge < -0.3 is 10.6 Å². The monoisotopic (exact) mass is 174 g/mol. The molecular formula is C8H15ClN2. The Kier molecular flexibility index (Phi) is 3.37. The number of rotatable bonds is 0. The Balaban J connectivity index is 0.000000605. The molecule has 0 aromatic carbocycles. The maximum atomic E-state index is 3.40. The third-order valence-electron chi connectivity index (χ3n) is 2.42. The number of halogens is 1. The topological polar surface area (TPSA) is 24.1 Å². The summed E-state index contributed by atoms with van der Waals surface area (Å²) in [5.74, 6) is 0.843. The second-order valence-electron chi connectivity index (χ2n) is 3.10. The SMILES string of the molecule is C1=C2CNCC2CCNC1.Cl. The fourth-order valence-electron chi connectivity index (χ4n) is 1.77. The van der Waals surface area contributed by atoms with Crippen LogP contribution in [-0.2, 0) is 0 Å². The lowest BCUT2D eigenvalue weighted by atomic mass is 10.0. The van der Waals surface area contributed by atoms with Crippen LogP contribution in [0.4, 0.5) is 0 Å². The van der Waals surface area contributed by atoms with E-state index in [0.717, 1.165) is 19.0 Å². The summed E-state index contributed by atoms with van der Waals surface area (Å²) in [7, 11) is 0. The van der Waals surface area contributed by atoms with Gasteiger partial charge in [-0.15, -0.1) is 12.4 Å². The minimum Gasteiger partial charge on any atom is -0.313 e. The van der Waals surface area contributed by atoms with Crippen molar-refractivity contribution >= 4 is 12.4 Å². The molecule has 0 aromatic rings. The van der Waals surface area contributed by atoms with E-state index in [1.165, 1.54) is 19.5 Å². The molecule has 0 saturated carbocycles. The zero-order chi connectivity index (χ0) is 6.81. The van der Waals surface area contributed by atoms with E-state index in [2.05, 4.69) is 16.7 Å². The maximum absolute atomic E-state index is 3.40. The number of hydrogen-bond acceptors (Lipinski definition) is 2. The van der Waals surface area contributed by atoms with Gasteiger partial charge in [0.05, 0.1) is 0 Å². The molecule has 0 amide bonds. The molecule has 0 aliphatic carbocycles. The van der Waals surface area contributed by atoms with E-state index in [-0.39, 0.29) is 12.4 Å². The van der Waals surface area contributed by atoms with Crippen molar-refractivity contribution in [3.63, 3.8) is 0 Å². The summed E-state index contributed by atoms with van der Waals surface area (Å²) >= 11 is 0. The van der Waals surface area contributed by atoms with Crippen LogP contribution in [0.3, 0.4) is 0 Å². The van der Waals surface area contributed by atoms with E-state index >= 15 is 0 Å². The molecule has 1 unspecified atom stereocenters. The molecule has 11 heavy (non-hydrogen) atoms. The van der Waals surface area contributed by atoms with Crippen molar-refractivity contribution in [1.29, 1.82) is 0 Å². The molecular weight excluding hydrogens is 160 g/mol. The largest absolute Gasteiger partial charge is 0.313 e. The molecule has 0 aromatic heterocycles. The van der Waals surface area contributed by atoms with Crippen LogP contribution in [0.2, 0.25) is 0 Å². The van der Waals surface area contributed by atoms with Crippen LogP contribution in [0.1, 0.15) is 6.42 Å². The van der Waals surface area contributed by atoms with Gasteiger partial charge in [-0.1, -0.05) is 11.6 Å². The Bertz CT molecular complexity index is 156. The fraction of sp³-hybridized carbons (Fsp3) is 0.750. The van der Waals surface area contributed by atoms with Crippen LogP contribution in [0, 0.1) is 5.92 Å². The second-order valence-corrected chi connectivity index (χ2v) is 3.10. The number of nitrogens with one attached hydrogen (secondary N) is 2. The highest BCUT2D eigenvalue weighted by Crippen LogP contribution is 2.19. The molecule has 0 radical (unpaired) electrons. The molecule has 1 saturated heterocycles. The first kappa shape index (κ1) is 9.04. The first-order chi connectivity index (χ1) is 4.97. The van der Waals surface area contributed by atoms with E-state index in [1.54, 1.807) is 5.57 Å². The fourth-order valence-corrected chi connectivity index (χ4v) is 1.77. The molecule has 2 rings (SSSR count). The summed E-state index contributed by atoms with van der Waals surface area (Å²) in [5.41, 5.74) is 1.63. The minimum atomic E-state index is 0. The zero-order valence-electron chi connectivity index (χ0n) is 6.60. The Labute approximate surface area is 73.8 Å². The summed E-state index contributed by atoms with van der Waals surface area (Å²) < 4.78 is 0. The standard InChI is InChI=1S/C8H14N2.ClH/c1-3-9-4-2-8-6-10-5-7(1)8;/h1,8-10H,2-6H2;1H. The Morgan fingerprint density at radius 2 is 2.27 bits per heavy atom. The highest BCUT2D eigenvalue weighted by atomic mass is 35.5. The van der Waals surface area contributed by atoms with Gasteiger partial charge in [0.15, 0.2) is 0 Å². The zero-order valence-corrected chi connectivity index (χ0v) is 7.41. The van der Waals surface area contributed by atoms with Gasteiger partial charge in [-0.05, 0) is 18.9 Å². The average Bonchev–Trinajstić information content (AvgIpc) is 2.28. The molecule has 64 valence electrons. The van der Waals surface area contributed by atoms with Crippen LogP contribution in [0.15, 0.2) is 11.6 Å². The lowest BCUT2D eigenvalue weighted by Gasteiger charge is -2.05. The summed E-state index contributed by atoms with van der Waals surface area (Å²) in [4.78, 5) is 0. The van der Waals surface area contributed by atoms with Crippen molar-refractivity contribution in [2.75, 3.05) is 26.2 Å². The minimum absolute atomic E-state index is 0. The predicted molar refractivity (Wildman–Crippen MR) is 49.2 cm³/mol. The molecule has 1 atom stereocenters. The second kappa shape index (κ2) is 4.10. The van der Waals surface area contributed by atoms with Gasteiger partial charge >= 0.3 is 0 Å². The quantitative estimate of drug-likeness (QED) is 0.525. The Hall–Kier alpha value is -0.0500. The summed E-state index contributed by atoms with van der Waals surface area (Å²) in [6.45, 7) is 4.60. The molecule has 0 bridgehead atoms. The number of fused-ring (bicyclic) bond motifs is 1. The molecule has 2 aliphatic heterocycles. The molecule has 2 nitrogen and oxygen atoms in total. The Morgan fingerprint density at radius 3 is 3.18 bits per heavy atom. The summed E-state index contributed by atoms with van der Waals surface area (Å²) in [6.07, 6.45) is 3.66. The normalized spacial score (nSPS) is 29.8. The third-order valence-corrected chi connectivity index (χ3v) is 2.42. The summed E-state index contributed by atoms with van der Waals surface area (Å²) in [6, 6.07) is 0. The van der Waals surface area contributed by atoms with Gasteiger partial charge in [-0.2, -0.15) is 0 Å². The van der Waals surface area contributed by atoms with Crippen molar-refractivity contribution in [3.05, 3.63) is 11.6 Å². The van der Waals surface area contributed by atoms with Gasteiger partial charge in [0.2, 0.25) is 0 Å². The first-order valence-corrected chi connectivity index (χ1v) is 4.07. The van der Waals surface area contributed by atoms with Gasteiger partial charge in [-0.25, -0.2) is 0 Å². The van der Waals surface area contributed by atoms with Crippen LogP contribution in [0.5, 0.6) is 0 Å². The smallest absolute Gasteiger partial charge is 0.0168 e. The van der Waals surface area contributed by atoms with Crippen molar-refractivity contribution < 1.29 is 0 Å². The van der Waals surface area contributed by atoms with E-state index in [1.807, 2.05) is 0 Å². The molecule has 0 spiro atoms. The lowest BCUT2D eigenvalue weighted by molar-refractivity contribution is 0.577. The lowest BCUT2D eigenvalue weighted by Crippen LogP contribution is -2.17. The van der Waals surface area contributed by atoms with E-state index < -0.39 is 0 Å². The molecule has 2 aliphatic rings. The molecule has 1 fully saturated rings. The van der Waals surface area contributed by atoms with Crippen molar-refractivity contribution in [1.82, 2.24) is 10.6 Å². The molecule has 2 heterocycles. The van der Waals surface area contributed by atoms with Crippen LogP contribution in [-0.4, -0.2) is 26.2 Å². The van der Waals surface area contributed by atoms with E-state index in [9.17, 15) is 0 Å². The summed E-state index contributed by atoms with van der Waals surface area (Å²) in [5, 5.41) is 6.77. The van der Waals surface area contributed by atoms with Crippen molar-refractivity contribution in [2.45, 2.75) is 6.42 Å². The van der Waals surface area contributed by atoms with Crippen molar-refractivity contribution in [3.8, 4) is 0 Å². The first-order valence-electron chi connectivity index (χ1n) is 4.07. The molecule has 3 heteroatoms. The van der Waals surface area contributed by atoms with Gasteiger partial charge in [0.25, 0.3) is 0 Å². The predicted octanol–water partition coefficient (Wildman–Crippen LogP) is 0.547. The highest BCUT2D eigenvalue weighted by molar-refractivity contribution is 5.85. The van der Waals surface area contributed by atoms with Crippen LogP contribution in [0.25, 0.3) is 0 Å². The highest BCUT2D eigenvalue weighted by Gasteiger charge is 2.20. The Morgan fingerprint density at radius 1 is 1.36 bits per heavy atom. The van der Waals surface area contributed by atoms with E-state index in [4.69, 9.17) is 0 Å². The third kappa shape index (κ3) is 1.95. The molecule has 2 N–H and O–H groups in total. The number of hydrogen-bond donors (Lipinski definition) is 2. The average molecular weight is 175 g/mol. The van der Waals surface area contributed by atoms with E-state index in [0.29, 0.717) is 0 Å².